The average Bonchev–Trinajstić information content (AvgIpc) is 3.02. The Morgan fingerprint density at radius 3 is 2.22 bits per heavy atom. The second-order valence-electron chi connectivity index (χ2n) is 6.85. The Hall–Kier alpha value is -3.39. The summed E-state index contributed by atoms with van der Waals surface area (Å²) in [4.78, 5) is 0. The van der Waals surface area contributed by atoms with Gasteiger partial charge in [-0.15, -0.1) is 0 Å². The number of benzene rings is 4. The van der Waals surface area contributed by atoms with E-state index in [0.29, 0.717) is 0 Å². The van der Waals surface area contributed by atoms with Crippen LogP contribution in [0, 0.1) is 5.82 Å². The summed E-state index contributed by atoms with van der Waals surface area (Å²) in [5.41, 5.74) is 5.57. The predicted octanol–water partition coefficient (Wildman–Crippen LogP) is 6.51. The summed E-state index contributed by atoms with van der Waals surface area (Å²) in [6.45, 7) is 0. The van der Waals surface area contributed by atoms with Crippen LogP contribution < -0.4 is 0 Å². The first-order valence-corrected chi connectivity index (χ1v) is 9.11. The highest BCUT2D eigenvalue weighted by atomic mass is 19.1. The zero-order chi connectivity index (χ0) is 18.2. The molecule has 0 aliphatic heterocycles. The van der Waals surface area contributed by atoms with Crippen LogP contribution in [0.25, 0.3) is 27.5 Å². The molecule has 0 N–H and O–H groups in total. The first kappa shape index (κ1) is 15.8. The van der Waals surface area contributed by atoms with Crippen LogP contribution in [-0.2, 0) is 6.42 Å². The molecule has 1 heterocycles. The van der Waals surface area contributed by atoms with Gasteiger partial charge in [-0.25, -0.2) is 4.39 Å². The van der Waals surface area contributed by atoms with Crippen LogP contribution in [0.2, 0.25) is 0 Å². The van der Waals surface area contributed by atoms with Crippen molar-refractivity contribution in [2.75, 3.05) is 0 Å². The van der Waals surface area contributed by atoms with Crippen molar-refractivity contribution in [3.05, 3.63) is 114 Å². The zero-order valence-corrected chi connectivity index (χ0v) is 14.8. The van der Waals surface area contributed by atoms with Gasteiger partial charge in [0.05, 0.1) is 11.0 Å². The van der Waals surface area contributed by atoms with E-state index in [-0.39, 0.29) is 5.82 Å². The van der Waals surface area contributed by atoms with Gasteiger partial charge in [-0.1, -0.05) is 66.7 Å². The lowest BCUT2D eigenvalue weighted by Gasteiger charge is -2.09. The Morgan fingerprint density at radius 1 is 0.593 bits per heavy atom. The molecule has 4 aromatic carbocycles. The van der Waals surface area contributed by atoms with Crippen molar-refractivity contribution in [3.63, 3.8) is 0 Å². The Morgan fingerprint density at radius 2 is 1.37 bits per heavy atom. The van der Waals surface area contributed by atoms with Crippen LogP contribution in [0.4, 0.5) is 4.39 Å². The number of fused-ring (bicyclic) bond motifs is 3. The topological polar surface area (TPSA) is 4.93 Å². The number of nitrogens with zero attached hydrogens (tertiary/aromatic N) is 1. The smallest absolute Gasteiger partial charge is 0.125 e. The average molecular weight is 351 g/mol. The molecule has 5 rings (SSSR count). The largest absolute Gasteiger partial charge is 0.309 e. The highest BCUT2D eigenvalue weighted by molar-refractivity contribution is 6.09. The molecule has 2 heteroatoms. The molecule has 27 heavy (non-hydrogen) atoms. The van der Waals surface area contributed by atoms with Gasteiger partial charge in [-0.05, 0) is 47.9 Å². The molecule has 0 spiro atoms. The maximum atomic E-state index is 13.9. The van der Waals surface area contributed by atoms with E-state index >= 15 is 0 Å². The number of para-hydroxylation sites is 1. The molecule has 0 bridgehead atoms. The van der Waals surface area contributed by atoms with E-state index in [1.807, 2.05) is 18.2 Å². The molecule has 0 unspecified atom stereocenters. The standard InChI is InChI=1S/C25H18FN/c26-20-9-6-10-21(17-20)27-24-12-5-4-11-22(24)23-14-13-19(16-25(23)27)15-18-7-2-1-3-8-18/h1-14,16-17H,15H2. The molecule has 130 valence electrons. The molecule has 0 radical (unpaired) electrons. The fraction of sp³-hybridized carbons (Fsp3) is 0.0400. The van der Waals surface area contributed by atoms with Gasteiger partial charge in [0.25, 0.3) is 0 Å². The number of hydrogen-bond acceptors (Lipinski definition) is 0. The number of rotatable bonds is 3. The van der Waals surface area contributed by atoms with Gasteiger partial charge in [0.1, 0.15) is 5.82 Å². The molecule has 1 aromatic heterocycles. The molecular formula is C25H18FN. The van der Waals surface area contributed by atoms with Crippen molar-refractivity contribution in [1.82, 2.24) is 4.57 Å². The molecule has 0 fully saturated rings. The van der Waals surface area contributed by atoms with E-state index in [4.69, 9.17) is 0 Å². The van der Waals surface area contributed by atoms with Gasteiger partial charge >= 0.3 is 0 Å². The van der Waals surface area contributed by atoms with E-state index in [1.54, 1.807) is 12.1 Å². The third kappa shape index (κ3) is 2.80. The highest BCUT2D eigenvalue weighted by Crippen LogP contribution is 2.33. The molecule has 0 atom stereocenters. The van der Waals surface area contributed by atoms with Crippen LogP contribution in [0.1, 0.15) is 11.1 Å². The summed E-state index contributed by atoms with van der Waals surface area (Å²) >= 11 is 0. The summed E-state index contributed by atoms with van der Waals surface area (Å²) in [5, 5.41) is 2.37. The van der Waals surface area contributed by atoms with Crippen LogP contribution >= 0.6 is 0 Å². The molecule has 0 saturated heterocycles. The minimum atomic E-state index is -0.223. The molecule has 0 aliphatic rings. The first-order chi connectivity index (χ1) is 13.3. The van der Waals surface area contributed by atoms with Crippen molar-refractivity contribution >= 4 is 21.8 Å². The van der Waals surface area contributed by atoms with Crippen LogP contribution in [0.5, 0.6) is 0 Å². The molecule has 1 nitrogen and oxygen atoms in total. The van der Waals surface area contributed by atoms with E-state index in [9.17, 15) is 4.39 Å². The Balaban J connectivity index is 1.76. The van der Waals surface area contributed by atoms with Crippen LogP contribution in [0.15, 0.2) is 97.1 Å². The third-order valence-electron chi connectivity index (χ3n) is 5.06. The minimum absolute atomic E-state index is 0.223. The molecule has 0 saturated carbocycles. The maximum absolute atomic E-state index is 13.9. The molecule has 5 aromatic rings. The summed E-state index contributed by atoms with van der Waals surface area (Å²) in [6, 6.07) is 32.2. The summed E-state index contributed by atoms with van der Waals surface area (Å²) < 4.78 is 16.1. The summed E-state index contributed by atoms with van der Waals surface area (Å²) in [7, 11) is 0. The zero-order valence-electron chi connectivity index (χ0n) is 14.8. The van der Waals surface area contributed by atoms with Crippen molar-refractivity contribution in [1.29, 1.82) is 0 Å². The normalized spacial score (nSPS) is 11.3. The lowest BCUT2D eigenvalue weighted by molar-refractivity contribution is 0.627. The maximum Gasteiger partial charge on any atom is 0.125 e. The first-order valence-electron chi connectivity index (χ1n) is 9.11. The fourth-order valence-electron chi connectivity index (χ4n) is 3.85. The summed E-state index contributed by atoms with van der Waals surface area (Å²) in [5.74, 6) is -0.223. The van der Waals surface area contributed by atoms with Gasteiger partial charge in [0, 0.05) is 16.5 Å². The fourth-order valence-corrected chi connectivity index (χ4v) is 3.85. The van der Waals surface area contributed by atoms with Gasteiger partial charge in [-0.2, -0.15) is 0 Å². The van der Waals surface area contributed by atoms with Crippen LogP contribution in [-0.4, -0.2) is 4.57 Å². The van der Waals surface area contributed by atoms with Gasteiger partial charge in [0.2, 0.25) is 0 Å². The number of aromatic nitrogens is 1. The monoisotopic (exact) mass is 351 g/mol. The molecule has 0 aliphatic carbocycles. The summed E-state index contributed by atoms with van der Waals surface area (Å²) in [6.07, 6.45) is 0.876. The lowest BCUT2D eigenvalue weighted by atomic mass is 10.0. The Kier molecular flexibility index (Phi) is 3.75. The van der Waals surface area contributed by atoms with E-state index < -0.39 is 0 Å². The van der Waals surface area contributed by atoms with Crippen LogP contribution in [0.3, 0.4) is 0 Å². The second-order valence-corrected chi connectivity index (χ2v) is 6.85. The predicted molar refractivity (Wildman–Crippen MR) is 110 cm³/mol. The van der Waals surface area contributed by atoms with Gasteiger partial charge < -0.3 is 4.57 Å². The van der Waals surface area contributed by atoms with Crippen molar-refractivity contribution in [2.45, 2.75) is 6.42 Å². The second kappa shape index (κ2) is 6.40. The number of halogens is 1. The van der Waals surface area contributed by atoms with Crippen molar-refractivity contribution in [2.24, 2.45) is 0 Å². The van der Waals surface area contributed by atoms with E-state index in [2.05, 4.69) is 65.2 Å². The van der Waals surface area contributed by atoms with Crippen molar-refractivity contribution < 1.29 is 4.39 Å². The Bertz CT molecular complexity index is 1250. The molecular weight excluding hydrogens is 333 g/mol. The SMILES string of the molecule is Fc1cccc(-n2c3ccccc3c3ccc(Cc4ccccc4)cc32)c1. The Labute approximate surface area is 157 Å². The minimum Gasteiger partial charge on any atom is -0.309 e. The lowest BCUT2D eigenvalue weighted by Crippen LogP contribution is -1.95. The van der Waals surface area contributed by atoms with Gasteiger partial charge in [-0.3, -0.25) is 0 Å². The molecule has 0 amide bonds. The van der Waals surface area contributed by atoms with Crippen molar-refractivity contribution in [3.8, 4) is 5.69 Å². The van der Waals surface area contributed by atoms with E-state index in [1.165, 1.54) is 28.0 Å². The van der Waals surface area contributed by atoms with Gasteiger partial charge in [0.15, 0.2) is 0 Å². The third-order valence-corrected chi connectivity index (χ3v) is 5.06. The number of hydrogen-bond donors (Lipinski definition) is 0. The highest BCUT2D eigenvalue weighted by Gasteiger charge is 2.13. The van der Waals surface area contributed by atoms with E-state index in [0.717, 1.165) is 23.1 Å². The quantitative estimate of drug-likeness (QED) is 0.349.